The van der Waals surface area contributed by atoms with Crippen molar-refractivity contribution in [1.29, 1.82) is 0 Å². The monoisotopic (exact) mass is 168 g/mol. The SMILES string of the molecule is CC1(C)[C@H]2CC[C@@]1(C)[C@@H](NN)C2. The lowest BCUT2D eigenvalue weighted by Crippen LogP contribution is -2.47. The summed E-state index contributed by atoms with van der Waals surface area (Å²) in [6, 6.07) is 0.547. The predicted octanol–water partition coefficient (Wildman–Crippen LogP) is 1.66. The van der Waals surface area contributed by atoms with Gasteiger partial charge in [-0.05, 0) is 36.0 Å². The van der Waals surface area contributed by atoms with Gasteiger partial charge in [-0.3, -0.25) is 11.3 Å². The van der Waals surface area contributed by atoms with E-state index in [0.29, 0.717) is 16.9 Å². The lowest BCUT2D eigenvalue weighted by atomic mass is 9.69. The molecule has 2 saturated carbocycles. The van der Waals surface area contributed by atoms with Gasteiger partial charge in [-0.1, -0.05) is 20.8 Å². The molecule has 0 aromatic heterocycles. The van der Waals surface area contributed by atoms with E-state index in [1.807, 2.05) is 0 Å². The van der Waals surface area contributed by atoms with Crippen LogP contribution in [0.1, 0.15) is 40.0 Å². The summed E-state index contributed by atoms with van der Waals surface area (Å²) in [4.78, 5) is 0. The van der Waals surface area contributed by atoms with Crippen LogP contribution in [-0.4, -0.2) is 6.04 Å². The highest BCUT2D eigenvalue weighted by atomic mass is 15.2. The van der Waals surface area contributed by atoms with Crippen LogP contribution in [0, 0.1) is 16.7 Å². The molecule has 2 aliphatic carbocycles. The Morgan fingerprint density at radius 2 is 2.00 bits per heavy atom. The molecular weight excluding hydrogens is 148 g/mol. The lowest BCUT2D eigenvalue weighted by Gasteiger charge is -2.38. The third kappa shape index (κ3) is 0.728. The molecule has 0 aromatic rings. The molecule has 12 heavy (non-hydrogen) atoms. The maximum absolute atomic E-state index is 5.58. The number of hydrogen-bond acceptors (Lipinski definition) is 2. The van der Waals surface area contributed by atoms with E-state index in [-0.39, 0.29) is 0 Å². The number of nitrogens with one attached hydrogen (secondary N) is 1. The highest BCUT2D eigenvalue weighted by Crippen LogP contribution is 2.65. The Kier molecular flexibility index (Phi) is 1.59. The largest absolute Gasteiger partial charge is 0.271 e. The Morgan fingerprint density at radius 1 is 1.33 bits per heavy atom. The molecule has 2 fully saturated rings. The van der Waals surface area contributed by atoms with Crippen LogP contribution in [0.4, 0.5) is 0 Å². The fourth-order valence-corrected chi connectivity index (χ4v) is 3.46. The first-order valence-corrected chi connectivity index (χ1v) is 4.98. The first-order chi connectivity index (χ1) is 5.52. The zero-order chi connectivity index (χ0) is 8.98. The van der Waals surface area contributed by atoms with Gasteiger partial charge in [0.25, 0.3) is 0 Å². The highest BCUT2D eigenvalue weighted by molar-refractivity contribution is 5.12. The van der Waals surface area contributed by atoms with Gasteiger partial charge in [-0.25, -0.2) is 0 Å². The molecule has 0 aromatic carbocycles. The van der Waals surface area contributed by atoms with Gasteiger partial charge in [0.2, 0.25) is 0 Å². The highest BCUT2D eigenvalue weighted by Gasteiger charge is 2.60. The van der Waals surface area contributed by atoms with Crippen molar-refractivity contribution >= 4 is 0 Å². The molecule has 0 heterocycles. The third-order valence-corrected chi connectivity index (χ3v) is 5.00. The van der Waals surface area contributed by atoms with Crippen LogP contribution in [0.25, 0.3) is 0 Å². The summed E-state index contributed by atoms with van der Waals surface area (Å²) in [5, 5.41) is 0. The number of nitrogens with two attached hydrogens (primary N) is 1. The molecule has 0 amide bonds. The van der Waals surface area contributed by atoms with Gasteiger partial charge >= 0.3 is 0 Å². The number of hydrazine groups is 1. The van der Waals surface area contributed by atoms with Crippen LogP contribution in [0.3, 0.4) is 0 Å². The quantitative estimate of drug-likeness (QED) is 0.461. The molecular formula is C10H20N2. The lowest BCUT2D eigenvalue weighted by molar-refractivity contribution is 0.121. The van der Waals surface area contributed by atoms with Crippen LogP contribution >= 0.6 is 0 Å². The maximum Gasteiger partial charge on any atom is 0.0272 e. The Balaban J connectivity index is 2.33. The fraction of sp³-hybridized carbons (Fsp3) is 1.00. The van der Waals surface area contributed by atoms with Gasteiger partial charge < -0.3 is 0 Å². The van der Waals surface area contributed by atoms with Crippen molar-refractivity contribution in [3.63, 3.8) is 0 Å². The summed E-state index contributed by atoms with van der Waals surface area (Å²) < 4.78 is 0. The molecule has 0 spiro atoms. The second-order valence-electron chi connectivity index (χ2n) is 5.33. The summed E-state index contributed by atoms with van der Waals surface area (Å²) in [7, 11) is 0. The molecule has 70 valence electrons. The zero-order valence-corrected chi connectivity index (χ0v) is 8.35. The van der Waals surface area contributed by atoms with Crippen LogP contribution in [-0.2, 0) is 0 Å². The molecule has 2 heteroatoms. The van der Waals surface area contributed by atoms with Crippen molar-refractivity contribution in [3.05, 3.63) is 0 Å². The Bertz CT molecular complexity index is 200. The minimum atomic E-state index is 0.437. The van der Waals surface area contributed by atoms with Crippen molar-refractivity contribution in [2.45, 2.75) is 46.1 Å². The molecule has 2 aliphatic rings. The van der Waals surface area contributed by atoms with Crippen LogP contribution in [0.5, 0.6) is 0 Å². The van der Waals surface area contributed by atoms with E-state index in [1.165, 1.54) is 19.3 Å². The zero-order valence-electron chi connectivity index (χ0n) is 8.35. The number of hydrogen-bond donors (Lipinski definition) is 2. The van der Waals surface area contributed by atoms with Crippen LogP contribution in [0.2, 0.25) is 0 Å². The summed E-state index contributed by atoms with van der Waals surface area (Å²) in [5.74, 6) is 6.47. The van der Waals surface area contributed by atoms with Crippen LogP contribution < -0.4 is 11.3 Å². The average molecular weight is 168 g/mol. The van der Waals surface area contributed by atoms with E-state index in [2.05, 4.69) is 26.2 Å². The number of rotatable bonds is 1. The van der Waals surface area contributed by atoms with Gasteiger partial charge in [-0.2, -0.15) is 0 Å². The smallest absolute Gasteiger partial charge is 0.0272 e. The van der Waals surface area contributed by atoms with Crippen LogP contribution in [0.15, 0.2) is 0 Å². The van der Waals surface area contributed by atoms with E-state index >= 15 is 0 Å². The van der Waals surface area contributed by atoms with E-state index in [0.717, 1.165) is 5.92 Å². The molecule has 0 radical (unpaired) electrons. The van der Waals surface area contributed by atoms with E-state index in [9.17, 15) is 0 Å². The summed E-state index contributed by atoms with van der Waals surface area (Å²) in [5.41, 5.74) is 3.92. The summed E-state index contributed by atoms with van der Waals surface area (Å²) >= 11 is 0. The Hall–Kier alpha value is -0.0800. The topological polar surface area (TPSA) is 38.0 Å². The minimum Gasteiger partial charge on any atom is -0.271 e. The fourth-order valence-electron chi connectivity index (χ4n) is 3.46. The standard InChI is InChI=1S/C10H20N2/c1-9(2)7-4-5-10(9,3)8(6-7)12-11/h7-8,12H,4-6,11H2,1-3H3/t7-,8-,10-/m0/s1. The van der Waals surface area contributed by atoms with Crippen molar-refractivity contribution in [2.24, 2.45) is 22.6 Å². The summed E-state index contributed by atoms with van der Waals surface area (Å²) in [6.07, 6.45) is 4.03. The average Bonchev–Trinajstić information content (AvgIpc) is 2.34. The first-order valence-electron chi connectivity index (χ1n) is 4.98. The maximum atomic E-state index is 5.58. The predicted molar refractivity (Wildman–Crippen MR) is 50.3 cm³/mol. The molecule has 2 nitrogen and oxygen atoms in total. The van der Waals surface area contributed by atoms with E-state index < -0.39 is 0 Å². The molecule has 3 N–H and O–H groups in total. The van der Waals surface area contributed by atoms with Gasteiger partial charge in [0.15, 0.2) is 0 Å². The Labute approximate surface area is 74.9 Å². The molecule has 0 aliphatic heterocycles. The Morgan fingerprint density at radius 3 is 2.25 bits per heavy atom. The van der Waals surface area contributed by atoms with Crippen molar-refractivity contribution in [2.75, 3.05) is 0 Å². The van der Waals surface area contributed by atoms with Crippen molar-refractivity contribution < 1.29 is 0 Å². The molecule has 3 atom stereocenters. The van der Waals surface area contributed by atoms with E-state index in [1.54, 1.807) is 0 Å². The first kappa shape index (κ1) is 8.52. The normalized spacial score (nSPS) is 50.0. The van der Waals surface area contributed by atoms with Crippen molar-refractivity contribution in [1.82, 2.24) is 5.43 Å². The van der Waals surface area contributed by atoms with Gasteiger partial charge in [0.1, 0.15) is 0 Å². The molecule has 0 unspecified atom stereocenters. The molecule has 0 saturated heterocycles. The molecule has 2 bridgehead atoms. The second-order valence-corrected chi connectivity index (χ2v) is 5.33. The summed E-state index contributed by atoms with van der Waals surface area (Å²) in [6.45, 7) is 7.20. The van der Waals surface area contributed by atoms with Crippen molar-refractivity contribution in [3.8, 4) is 0 Å². The second kappa shape index (κ2) is 2.24. The van der Waals surface area contributed by atoms with E-state index in [4.69, 9.17) is 5.84 Å². The minimum absolute atomic E-state index is 0.437. The van der Waals surface area contributed by atoms with Gasteiger partial charge in [-0.15, -0.1) is 0 Å². The van der Waals surface area contributed by atoms with Gasteiger partial charge in [0.05, 0.1) is 0 Å². The van der Waals surface area contributed by atoms with Gasteiger partial charge in [0, 0.05) is 6.04 Å². The number of fused-ring (bicyclic) bond motifs is 2. The third-order valence-electron chi connectivity index (χ3n) is 5.00. The molecule has 2 rings (SSSR count).